The smallest absolute Gasteiger partial charge is 0.192 e. The van der Waals surface area contributed by atoms with Gasteiger partial charge in [0.1, 0.15) is 0 Å². The van der Waals surface area contributed by atoms with Crippen molar-refractivity contribution in [3.63, 3.8) is 0 Å². The molecule has 0 fully saturated rings. The van der Waals surface area contributed by atoms with Crippen LogP contribution in [0.5, 0.6) is 0 Å². The van der Waals surface area contributed by atoms with E-state index >= 15 is 0 Å². The monoisotopic (exact) mass is 281 g/mol. The highest BCUT2D eigenvalue weighted by Crippen LogP contribution is 2.36. The van der Waals surface area contributed by atoms with Crippen LogP contribution < -0.4 is 0 Å². The minimum atomic E-state index is -1.71. The summed E-state index contributed by atoms with van der Waals surface area (Å²) in [5.41, 5.74) is 1.94. The maximum Gasteiger partial charge on any atom is 0.192 e. The first-order valence-corrected chi connectivity index (χ1v) is 9.71. The van der Waals surface area contributed by atoms with Gasteiger partial charge in [-0.25, -0.2) is 0 Å². The van der Waals surface area contributed by atoms with Crippen LogP contribution in [0.1, 0.15) is 45.2 Å². The first kappa shape index (κ1) is 16.3. The van der Waals surface area contributed by atoms with E-state index in [1.807, 2.05) is 25.1 Å². The van der Waals surface area contributed by atoms with E-state index in [1.54, 1.807) is 7.11 Å². The Morgan fingerprint density at radius 3 is 2.42 bits per heavy atom. The number of hydrogen-bond donors (Lipinski definition) is 0. The van der Waals surface area contributed by atoms with Gasteiger partial charge in [0.25, 0.3) is 0 Å². The Bertz CT molecular complexity index is 413. The highest BCUT2D eigenvalue weighted by atomic mass is 28.4. The molecular formula is C15H27NO2Si. The molecule has 0 aromatic carbocycles. The van der Waals surface area contributed by atoms with Gasteiger partial charge in [-0.05, 0) is 37.2 Å². The second kappa shape index (κ2) is 6.16. The summed E-state index contributed by atoms with van der Waals surface area (Å²) in [6.07, 6.45) is 0.0211. The molecule has 1 rings (SSSR count). The average molecular weight is 281 g/mol. The molecule has 0 radical (unpaired) electrons. The van der Waals surface area contributed by atoms with Crippen molar-refractivity contribution in [2.45, 2.75) is 58.5 Å². The molecular weight excluding hydrogens is 254 g/mol. The number of hydrogen-bond acceptors (Lipinski definition) is 3. The number of pyridine rings is 1. The summed E-state index contributed by atoms with van der Waals surface area (Å²) in [5, 5.41) is 0.227. The lowest BCUT2D eigenvalue weighted by atomic mass is 10.2. The Hall–Kier alpha value is -0.713. The molecule has 0 spiro atoms. The summed E-state index contributed by atoms with van der Waals surface area (Å²) in [6, 6.07) is 6.02. The predicted octanol–water partition coefficient (Wildman–Crippen LogP) is 4.31. The van der Waals surface area contributed by atoms with Gasteiger partial charge in [0, 0.05) is 7.11 Å². The number of rotatable bonds is 5. The van der Waals surface area contributed by atoms with E-state index in [0.717, 1.165) is 11.4 Å². The summed E-state index contributed by atoms with van der Waals surface area (Å²) in [6.45, 7) is 13.8. The zero-order valence-electron chi connectivity index (χ0n) is 13.3. The third-order valence-electron chi connectivity index (χ3n) is 3.99. The summed E-state index contributed by atoms with van der Waals surface area (Å²) in [5.74, 6) is 0. The number of aromatic nitrogens is 1. The van der Waals surface area contributed by atoms with Crippen molar-refractivity contribution in [3.8, 4) is 0 Å². The van der Waals surface area contributed by atoms with Gasteiger partial charge in [-0.2, -0.15) is 0 Å². The largest absolute Gasteiger partial charge is 0.411 e. The fraction of sp³-hybridized carbons (Fsp3) is 0.667. The van der Waals surface area contributed by atoms with E-state index in [0.29, 0.717) is 6.61 Å². The van der Waals surface area contributed by atoms with E-state index in [1.165, 1.54) is 0 Å². The van der Waals surface area contributed by atoms with Gasteiger partial charge in [-0.1, -0.05) is 26.8 Å². The molecule has 0 saturated heterocycles. The van der Waals surface area contributed by atoms with Crippen molar-refractivity contribution in [3.05, 3.63) is 29.6 Å². The molecule has 1 heterocycles. The molecule has 1 aromatic rings. The third-order valence-corrected chi connectivity index (χ3v) is 8.46. The Labute approximate surface area is 118 Å². The molecule has 4 heteroatoms. The van der Waals surface area contributed by atoms with Crippen LogP contribution >= 0.6 is 0 Å². The topological polar surface area (TPSA) is 31.4 Å². The van der Waals surface area contributed by atoms with Gasteiger partial charge >= 0.3 is 0 Å². The fourth-order valence-corrected chi connectivity index (χ4v) is 2.34. The maximum atomic E-state index is 6.18. The normalized spacial score (nSPS) is 14.5. The summed E-state index contributed by atoms with van der Waals surface area (Å²) < 4.78 is 11.5. The van der Waals surface area contributed by atoms with E-state index in [9.17, 15) is 0 Å². The minimum absolute atomic E-state index is 0.0211. The van der Waals surface area contributed by atoms with Crippen LogP contribution in [0, 0.1) is 0 Å². The Morgan fingerprint density at radius 2 is 1.89 bits per heavy atom. The van der Waals surface area contributed by atoms with E-state index < -0.39 is 8.32 Å². The third kappa shape index (κ3) is 4.40. The van der Waals surface area contributed by atoms with Gasteiger partial charge < -0.3 is 9.16 Å². The minimum Gasteiger partial charge on any atom is -0.411 e. The Morgan fingerprint density at radius 1 is 1.26 bits per heavy atom. The van der Waals surface area contributed by atoms with Gasteiger partial charge in [0.05, 0.1) is 24.1 Å². The average Bonchev–Trinajstić information content (AvgIpc) is 2.34. The lowest BCUT2D eigenvalue weighted by molar-refractivity contribution is 0.115. The zero-order chi connectivity index (χ0) is 14.7. The zero-order valence-corrected chi connectivity index (χ0v) is 14.3. The van der Waals surface area contributed by atoms with Crippen LogP contribution in [0.3, 0.4) is 0 Å². The van der Waals surface area contributed by atoms with Crippen molar-refractivity contribution in [2.75, 3.05) is 7.11 Å². The van der Waals surface area contributed by atoms with Crippen LogP contribution in [0.25, 0.3) is 0 Å². The summed E-state index contributed by atoms with van der Waals surface area (Å²) in [4.78, 5) is 4.60. The van der Waals surface area contributed by atoms with E-state index in [-0.39, 0.29) is 11.1 Å². The van der Waals surface area contributed by atoms with Gasteiger partial charge in [-0.3, -0.25) is 4.98 Å². The Balaban J connectivity index is 2.74. The lowest BCUT2D eigenvalue weighted by Crippen LogP contribution is -2.40. The van der Waals surface area contributed by atoms with E-state index in [4.69, 9.17) is 9.16 Å². The molecule has 1 unspecified atom stereocenters. The highest BCUT2D eigenvalue weighted by molar-refractivity contribution is 6.74. The van der Waals surface area contributed by atoms with Gasteiger partial charge in [0.2, 0.25) is 0 Å². The fourth-order valence-electron chi connectivity index (χ4n) is 1.40. The van der Waals surface area contributed by atoms with Crippen LogP contribution in [-0.2, 0) is 15.8 Å². The number of methoxy groups -OCH3 is 1. The molecule has 19 heavy (non-hydrogen) atoms. The number of ether oxygens (including phenoxy) is 1. The van der Waals surface area contributed by atoms with Crippen LogP contribution in [0.4, 0.5) is 0 Å². The lowest BCUT2D eigenvalue weighted by Gasteiger charge is -2.36. The summed E-state index contributed by atoms with van der Waals surface area (Å²) >= 11 is 0. The second-order valence-electron chi connectivity index (χ2n) is 6.48. The molecule has 0 aliphatic carbocycles. The molecule has 1 atom stereocenters. The first-order chi connectivity index (χ1) is 8.67. The predicted molar refractivity (Wildman–Crippen MR) is 81.6 cm³/mol. The van der Waals surface area contributed by atoms with Crippen LogP contribution in [0.15, 0.2) is 18.2 Å². The van der Waals surface area contributed by atoms with Crippen LogP contribution in [0.2, 0.25) is 18.1 Å². The molecule has 0 aliphatic heterocycles. The molecule has 0 saturated carbocycles. The molecule has 0 N–H and O–H groups in total. The van der Waals surface area contributed by atoms with E-state index in [2.05, 4.69) is 38.8 Å². The standard InChI is InChI=1S/C15H27NO2Si/c1-12(17-5)14-10-8-9-13(16-14)11-18-19(6,7)15(2,3)4/h8-10,12H,11H2,1-7H3. The quantitative estimate of drug-likeness (QED) is 0.754. The van der Waals surface area contributed by atoms with Crippen molar-refractivity contribution in [2.24, 2.45) is 0 Å². The van der Waals surface area contributed by atoms with Crippen molar-refractivity contribution in [1.82, 2.24) is 4.98 Å². The SMILES string of the molecule is COC(C)c1cccc(CO[Si](C)(C)C(C)(C)C)n1. The Kier molecular flexibility index (Phi) is 5.30. The highest BCUT2D eigenvalue weighted by Gasteiger charge is 2.37. The number of nitrogens with zero attached hydrogens (tertiary/aromatic N) is 1. The van der Waals surface area contributed by atoms with Gasteiger partial charge in [-0.15, -0.1) is 0 Å². The first-order valence-electron chi connectivity index (χ1n) is 6.80. The molecule has 0 bridgehead atoms. The van der Waals surface area contributed by atoms with Crippen molar-refractivity contribution < 1.29 is 9.16 Å². The second-order valence-corrected chi connectivity index (χ2v) is 11.3. The van der Waals surface area contributed by atoms with Gasteiger partial charge in [0.15, 0.2) is 8.32 Å². The maximum absolute atomic E-state index is 6.18. The summed E-state index contributed by atoms with van der Waals surface area (Å²) in [7, 11) is -0.0123. The van der Waals surface area contributed by atoms with Crippen molar-refractivity contribution in [1.29, 1.82) is 0 Å². The van der Waals surface area contributed by atoms with Crippen LogP contribution in [-0.4, -0.2) is 20.4 Å². The molecule has 1 aromatic heterocycles. The molecule has 108 valence electrons. The molecule has 3 nitrogen and oxygen atoms in total. The molecule has 0 amide bonds. The van der Waals surface area contributed by atoms with Crippen molar-refractivity contribution >= 4 is 8.32 Å². The molecule has 0 aliphatic rings.